The standard InChI is InChI=1S/C19H25N5O2/c1-26-15-9-5-8-14(12-15)16-10-11-24(16)19(25)21-18-20-17(22-23-18)13-6-3-2-4-7-13/h5,8-9,12-13,16H,2-4,6-7,10-11H2,1H3,(H2,20,21,22,23,25). The number of aromatic amines is 1. The molecule has 0 radical (unpaired) electrons. The van der Waals surface area contributed by atoms with Crippen LogP contribution >= 0.6 is 0 Å². The first-order chi connectivity index (χ1) is 12.7. The SMILES string of the molecule is COc1cccc(C2CCN2C(=O)Nc2n[nH]c(C3CCCCC3)n2)c1. The number of hydrogen-bond donors (Lipinski definition) is 2. The second-order valence-corrected chi connectivity index (χ2v) is 7.08. The minimum atomic E-state index is -0.154. The van der Waals surface area contributed by atoms with Gasteiger partial charge in [-0.1, -0.05) is 31.4 Å². The van der Waals surface area contributed by atoms with Crippen LogP contribution < -0.4 is 10.1 Å². The van der Waals surface area contributed by atoms with Crippen molar-refractivity contribution in [2.75, 3.05) is 19.0 Å². The Bertz CT molecular complexity index is 769. The Kier molecular flexibility index (Phi) is 4.77. The van der Waals surface area contributed by atoms with Gasteiger partial charge in [-0.05, 0) is 37.0 Å². The van der Waals surface area contributed by atoms with E-state index < -0.39 is 0 Å². The molecule has 1 aromatic heterocycles. The lowest BCUT2D eigenvalue weighted by Gasteiger charge is -2.40. The number of urea groups is 1. The number of anilines is 1. The Morgan fingerprint density at radius 1 is 1.27 bits per heavy atom. The fourth-order valence-electron chi connectivity index (χ4n) is 3.88. The van der Waals surface area contributed by atoms with Gasteiger partial charge in [0, 0.05) is 12.5 Å². The number of nitrogens with one attached hydrogen (secondary N) is 2. The van der Waals surface area contributed by atoms with E-state index in [4.69, 9.17) is 4.74 Å². The van der Waals surface area contributed by atoms with Gasteiger partial charge in [-0.2, -0.15) is 4.98 Å². The number of methoxy groups -OCH3 is 1. The highest BCUT2D eigenvalue weighted by Crippen LogP contribution is 2.35. The second kappa shape index (κ2) is 7.35. The molecule has 1 saturated heterocycles. The lowest BCUT2D eigenvalue weighted by molar-refractivity contribution is 0.126. The highest BCUT2D eigenvalue weighted by atomic mass is 16.5. The number of H-pyrrole nitrogens is 1. The number of aromatic nitrogens is 3. The molecular formula is C19H25N5O2. The molecule has 0 spiro atoms. The maximum absolute atomic E-state index is 12.6. The number of carbonyl (C=O) groups excluding carboxylic acids is 1. The molecule has 26 heavy (non-hydrogen) atoms. The Morgan fingerprint density at radius 2 is 2.12 bits per heavy atom. The van der Waals surface area contributed by atoms with Gasteiger partial charge in [-0.25, -0.2) is 4.79 Å². The summed E-state index contributed by atoms with van der Waals surface area (Å²) in [7, 11) is 1.65. The summed E-state index contributed by atoms with van der Waals surface area (Å²) in [6.45, 7) is 0.730. The van der Waals surface area contributed by atoms with E-state index in [0.717, 1.165) is 42.9 Å². The fourth-order valence-corrected chi connectivity index (χ4v) is 3.88. The molecule has 7 heteroatoms. The number of benzene rings is 1. The van der Waals surface area contributed by atoms with E-state index >= 15 is 0 Å². The summed E-state index contributed by atoms with van der Waals surface area (Å²) in [4.78, 5) is 18.9. The minimum absolute atomic E-state index is 0.0712. The predicted octanol–water partition coefficient (Wildman–Crippen LogP) is 3.84. The van der Waals surface area contributed by atoms with Crippen molar-refractivity contribution in [1.29, 1.82) is 0 Å². The number of amides is 2. The van der Waals surface area contributed by atoms with Crippen LogP contribution in [0.15, 0.2) is 24.3 Å². The van der Waals surface area contributed by atoms with Crippen LogP contribution in [0.3, 0.4) is 0 Å². The van der Waals surface area contributed by atoms with E-state index in [2.05, 4.69) is 20.5 Å². The van der Waals surface area contributed by atoms with Crippen LogP contribution in [0, 0.1) is 0 Å². The molecule has 2 heterocycles. The molecule has 1 aliphatic heterocycles. The van der Waals surface area contributed by atoms with Crippen molar-refractivity contribution in [3.8, 4) is 5.75 Å². The van der Waals surface area contributed by atoms with Gasteiger partial charge in [0.2, 0.25) is 5.95 Å². The van der Waals surface area contributed by atoms with Gasteiger partial charge in [-0.3, -0.25) is 10.4 Å². The van der Waals surface area contributed by atoms with Crippen molar-refractivity contribution in [2.24, 2.45) is 0 Å². The first-order valence-corrected chi connectivity index (χ1v) is 9.38. The smallest absolute Gasteiger partial charge is 0.324 e. The average Bonchev–Trinajstić information content (AvgIpc) is 3.10. The third-order valence-corrected chi connectivity index (χ3v) is 5.47. The Hall–Kier alpha value is -2.57. The first-order valence-electron chi connectivity index (χ1n) is 9.38. The molecule has 2 aliphatic rings. The van der Waals surface area contributed by atoms with Crippen molar-refractivity contribution in [1.82, 2.24) is 20.1 Å². The molecule has 1 unspecified atom stereocenters. The Morgan fingerprint density at radius 3 is 2.85 bits per heavy atom. The summed E-state index contributed by atoms with van der Waals surface area (Å²) in [6.07, 6.45) is 7.02. The van der Waals surface area contributed by atoms with E-state index in [-0.39, 0.29) is 12.1 Å². The maximum atomic E-state index is 12.6. The molecule has 2 fully saturated rings. The van der Waals surface area contributed by atoms with Gasteiger partial charge in [0.15, 0.2) is 0 Å². The third kappa shape index (κ3) is 3.38. The van der Waals surface area contributed by atoms with Crippen LogP contribution in [-0.4, -0.2) is 39.8 Å². The van der Waals surface area contributed by atoms with Crippen LogP contribution in [0.1, 0.15) is 61.9 Å². The molecule has 4 rings (SSSR count). The number of ether oxygens (including phenoxy) is 1. The van der Waals surface area contributed by atoms with Crippen LogP contribution in [0.5, 0.6) is 5.75 Å². The topological polar surface area (TPSA) is 83.1 Å². The van der Waals surface area contributed by atoms with E-state index in [1.165, 1.54) is 19.3 Å². The monoisotopic (exact) mass is 355 g/mol. The fraction of sp³-hybridized carbons (Fsp3) is 0.526. The highest BCUT2D eigenvalue weighted by molar-refractivity contribution is 5.88. The van der Waals surface area contributed by atoms with Crippen molar-refractivity contribution in [3.05, 3.63) is 35.7 Å². The van der Waals surface area contributed by atoms with E-state index in [1.54, 1.807) is 7.11 Å². The van der Waals surface area contributed by atoms with E-state index in [0.29, 0.717) is 11.9 Å². The zero-order valence-corrected chi connectivity index (χ0v) is 15.1. The molecule has 2 amide bonds. The Labute approximate surface area is 153 Å². The molecule has 2 N–H and O–H groups in total. The summed E-state index contributed by atoms with van der Waals surface area (Å²) in [6, 6.07) is 7.79. The second-order valence-electron chi connectivity index (χ2n) is 7.08. The molecule has 1 aromatic carbocycles. The van der Waals surface area contributed by atoms with E-state index in [1.807, 2.05) is 29.2 Å². The molecule has 0 bridgehead atoms. The number of hydrogen-bond acceptors (Lipinski definition) is 4. The lowest BCUT2D eigenvalue weighted by atomic mass is 9.89. The van der Waals surface area contributed by atoms with Gasteiger partial charge in [0.05, 0.1) is 13.2 Å². The largest absolute Gasteiger partial charge is 0.497 e. The van der Waals surface area contributed by atoms with Crippen LogP contribution in [-0.2, 0) is 0 Å². The molecule has 138 valence electrons. The maximum Gasteiger partial charge on any atom is 0.324 e. The number of carbonyl (C=O) groups is 1. The number of nitrogens with zero attached hydrogens (tertiary/aromatic N) is 3. The lowest BCUT2D eigenvalue weighted by Crippen LogP contribution is -2.47. The highest BCUT2D eigenvalue weighted by Gasteiger charge is 2.34. The van der Waals surface area contributed by atoms with Gasteiger partial charge in [0.1, 0.15) is 11.6 Å². The molecule has 1 aliphatic carbocycles. The predicted molar refractivity (Wildman–Crippen MR) is 98.3 cm³/mol. The third-order valence-electron chi connectivity index (χ3n) is 5.47. The quantitative estimate of drug-likeness (QED) is 0.873. The minimum Gasteiger partial charge on any atom is -0.497 e. The summed E-state index contributed by atoms with van der Waals surface area (Å²) < 4.78 is 5.28. The van der Waals surface area contributed by atoms with Crippen molar-refractivity contribution < 1.29 is 9.53 Å². The summed E-state index contributed by atoms with van der Waals surface area (Å²) >= 11 is 0. The average molecular weight is 355 g/mol. The van der Waals surface area contributed by atoms with Gasteiger partial charge in [0.25, 0.3) is 0 Å². The van der Waals surface area contributed by atoms with Crippen LogP contribution in [0.25, 0.3) is 0 Å². The Balaban J connectivity index is 1.39. The van der Waals surface area contributed by atoms with Crippen LogP contribution in [0.2, 0.25) is 0 Å². The van der Waals surface area contributed by atoms with Crippen molar-refractivity contribution >= 4 is 12.0 Å². The van der Waals surface area contributed by atoms with E-state index in [9.17, 15) is 4.79 Å². The number of rotatable bonds is 4. The molecule has 2 aromatic rings. The number of likely N-dealkylation sites (tertiary alicyclic amines) is 1. The van der Waals surface area contributed by atoms with Gasteiger partial charge >= 0.3 is 6.03 Å². The molecular weight excluding hydrogens is 330 g/mol. The zero-order valence-electron chi connectivity index (χ0n) is 15.1. The van der Waals surface area contributed by atoms with Gasteiger partial charge in [-0.15, -0.1) is 5.10 Å². The van der Waals surface area contributed by atoms with Crippen LogP contribution in [0.4, 0.5) is 10.7 Å². The molecule has 7 nitrogen and oxygen atoms in total. The zero-order chi connectivity index (χ0) is 17.9. The first kappa shape index (κ1) is 16.9. The summed E-state index contributed by atoms with van der Waals surface area (Å²) in [5.41, 5.74) is 1.09. The normalized spacial score (nSPS) is 20.5. The van der Waals surface area contributed by atoms with Gasteiger partial charge < -0.3 is 9.64 Å². The van der Waals surface area contributed by atoms with Crippen molar-refractivity contribution in [2.45, 2.75) is 50.5 Å². The molecule has 1 atom stereocenters. The van der Waals surface area contributed by atoms with Crippen molar-refractivity contribution in [3.63, 3.8) is 0 Å². The summed E-state index contributed by atoms with van der Waals surface area (Å²) in [5.74, 6) is 2.51. The summed E-state index contributed by atoms with van der Waals surface area (Å²) in [5, 5.41) is 10.0. The molecule has 1 saturated carbocycles.